The van der Waals surface area contributed by atoms with Gasteiger partial charge in [-0.25, -0.2) is 0 Å². The third-order valence-electron chi connectivity index (χ3n) is 5.28. The van der Waals surface area contributed by atoms with Gasteiger partial charge >= 0.3 is 0 Å². The second kappa shape index (κ2) is 7.94. The van der Waals surface area contributed by atoms with Crippen LogP contribution in [0.4, 0.5) is 5.69 Å². The zero-order chi connectivity index (χ0) is 19.5. The fraction of sp³-hybridized carbons (Fsp3) is 0.318. The highest BCUT2D eigenvalue weighted by Gasteiger charge is 2.19. The minimum Gasteiger partial charge on any atom is -0.497 e. The number of nitrogens with zero attached hydrogens (tertiary/aromatic N) is 1. The molecule has 6 nitrogen and oxygen atoms in total. The summed E-state index contributed by atoms with van der Waals surface area (Å²) in [7, 11) is 3.17. The van der Waals surface area contributed by atoms with Crippen molar-refractivity contribution in [2.45, 2.75) is 19.4 Å². The van der Waals surface area contributed by atoms with E-state index in [0.717, 1.165) is 36.1 Å². The largest absolute Gasteiger partial charge is 0.497 e. The quantitative estimate of drug-likeness (QED) is 0.679. The molecule has 6 heteroatoms. The summed E-state index contributed by atoms with van der Waals surface area (Å²) in [5.74, 6) is 1.08. The predicted molar refractivity (Wildman–Crippen MR) is 110 cm³/mol. The molecule has 1 saturated heterocycles. The molecule has 1 fully saturated rings. The molecular weight excluding hydrogens is 354 g/mol. The maximum Gasteiger partial charge on any atom is 0.256 e. The van der Waals surface area contributed by atoms with Crippen LogP contribution in [0.25, 0.3) is 10.9 Å². The number of ether oxygens (including phenoxy) is 2. The van der Waals surface area contributed by atoms with Gasteiger partial charge in [0.1, 0.15) is 11.5 Å². The highest BCUT2D eigenvalue weighted by Crippen LogP contribution is 2.31. The molecule has 2 heterocycles. The molecular formula is C22H25N3O3. The van der Waals surface area contributed by atoms with E-state index in [1.165, 1.54) is 12.8 Å². The van der Waals surface area contributed by atoms with Gasteiger partial charge in [0.05, 0.1) is 19.9 Å². The Bertz CT molecular complexity index is 990. The van der Waals surface area contributed by atoms with Crippen molar-refractivity contribution in [2.24, 2.45) is 0 Å². The molecule has 0 atom stereocenters. The molecule has 146 valence electrons. The SMILES string of the molecule is COc1ccc(NC(=O)c2cccc3[nH]cc(CN4CCCC4)c23)c(OC)c1. The molecule has 28 heavy (non-hydrogen) atoms. The lowest BCUT2D eigenvalue weighted by Gasteiger charge is -2.15. The lowest BCUT2D eigenvalue weighted by Crippen LogP contribution is -2.19. The minimum absolute atomic E-state index is 0.156. The minimum atomic E-state index is -0.156. The smallest absolute Gasteiger partial charge is 0.256 e. The Morgan fingerprint density at radius 1 is 1.14 bits per heavy atom. The molecule has 3 aromatic rings. The molecule has 0 bridgehead atoms. The van der Waals surface area contributed by atoms with Gasteiger partial charge in [0.2, 0.25) is 0 Å². The molecule has 0 saturated carbocycles. The Kier molecular flexibility index (Phi) is 5.21. The highest BCUT2D eigenvalue weighted by molar-refractivity contribution is 6.13. The average Bonchev–Trinajstić information content (AvgIpc) is 3.38. The van der Waals surface area contributed by atoms with E-state index in [0.29, 0.717) is 22.7 Å². The standard InChI is InChI=1S/C22H25N3O3/c1-27-16-8-9-18(20(12-16)28-2)24-22(26)17-6-5-7-19-21(17)15(13-23-19)14-25-10-3-4-11-25/h5-9,12-13,23H,3-4,10-11,14H2,1-2H3,(H,24,26). The molecule has 0 unspecified atom stereocenters. The van der Waals surface area contributed by atoms with Crippen molar-refractivity contribution in [3.8, 4) is 11.5 Å². The fourth-order valence-corrected chi connectivity index (χ4v) is 3.84. The van der Waals surface area contributed by atoms with E-state index in [9.17, 15) is 4.79 Å². The van der Waals surface area contributed by atoms with Crippen molar-refractivity contribution in [1.29, 1.82) is 0 Å². The third kappa shape index (κ3) is 3.55. The number of anilines is 1. The summed E-state index contributed by atoms with van der Waals surface area (Å²) in [5.41, 5.74) is 3.40. The first-order valence-electron chi connectivity index (χ1n) is 9.54. The van der Waals surface area contributed by atoms with Crippen LogP contribution in [0.1, 0.15) is 28.8 Å². The predicted octanol–water partition coefficient (Wildman–Crippen LogP) is 4.03. The van der Waals surface area contributed by atoms with Crippen LogP contribution < -0.4 is 14.8 Å². The number of nitrogens with one attached hydrogen (secondary N) is 2. The highest BCUT2D eigenvalue weighted by atomic mass is 16.5. The van der Waals surface area contributed by atoms with Gasteiger partial charge in [0.15, 0.2) is 0 Å². The van der Waals surface area contributed by atoms with Gasteiger partial charge in [0, 0.05) is 35.3 Å². The van der Waals surface area contributed by atoms with Gasteiger partial charge in [-0.2, -0.15) is 0 Å². The van der Waals surface area contributed by atoms with Crippen molar-refractivity contribution < 1.29 is 14.3 Å². The molecule has 1 aliphatic rings. The Morgan fingerprint density at radius 2 is 1.96 bits per heavy atom. The van der Waals surface area contributed by atoms with E-state index in [-0.39, 0.29) is 5.91 Å². The van der Waals surface area contributed by atoms with Gasteiger partial charge in [0.25, 0.3) is 5.91 Å². The van der Waals surface area contributed by atoms with Crippen LogP contribution in [-0.4, -0.2) is 43.1 Å². The normalized spacial score (nSPS) is 14.4. The third-order valence-corrected chi connectivity index (χ3v) is 5.28. The number of aromatic nitrogens is 1. The van der Waals surface area contributed by atoms with Crippen molar-refractivity contribution in [3.05, 3.63) is 53.7 Å². The summed E-state index contributed by atoms with van der Waals surface area (Å²) in [6.45, 7) is 3.09. The fourth-order valence-electron chi connectivity index (χ4n) is 3.84. The van der Waals surface area contributed by atoms with Crippen LogP contribution in [-0.2, 0) is 6.54 Å². The number of fused-ring (bicyclic) bond motifs is 1. The van der Waals surface area contributed by atoms with Gasteiger partial charge < -0.3 is 19.8 Å². The van der Waals surface area contributed by atoms with Crippen LogP contribution in [0, 0.1) is 0 Å². The number of benzene rings is 2. The molecule has 1 amide bonds. The van der Waals surface area contributed by atoms with E-state index in [2.05, 4.69) is 15.2 Å². The Morgan fingerprint density at radius 3 is 2.71 bits per heavy atom. The van der Waals surface area contributed by atoms with Gasteiger partial charge in [-0.15, -0.1) is 0 Å². The molecule has 1 aromatic heterocycles. The monoisotopic (exact) mass is 379 g/mol. The summed E-state index contributed by atoms with van der Waals surface area (Å²) < 4.78 is 10.6. The number of hydrogen-bond donors (Lipinski definition) is 2. The van der Waals surface area contributed by atoms with Crippen molar-refractivity contribution >= 4 is 22.5 Å². The van der Waals surface area contributed by atoms with Gasteiger partial charge in [-0.1, -0.05) is 6.07 Å². The number of rotatable bonds is 6. The second-order valence-corrected chi connectivity index (χ2v) is 7.05. The lowest BCUT2D eigenvalue weighted by molar-refractivity contribution is 0.102. The van der Waals surface area contributed by atoms with Gasteiger partial charge in [-0.05, 0) is 55.8 Å². The Labute approximate surface area is 164 Å². The van der Waals surface area contributed by atoms with E-state index < -0.39 is 0 Å². The van der Waals surface area contributed by atoms with E-state index in [1.54, 1.807) is 32.4 Å². The maximum atomic E-state index is 13.1. The molecule has 1 aliphatic heterocycles. The van der Waals surface area contributed by atoms with E-state index in [4.69, 9.17) is 9.47 Å². The van der Waals surface area contributed by atoms with Crippen LogP contribution in [0.15, 0.2) is 42.6 Å². The second-order valence-electron chi connectivity index (χ2n) is 7.05. The number of H-pyrrole nitrogens is 1. The average molecular weight is 379 g/mol. The summed E-state index contributed by atoms with van der Waals surface area (Å²) in [4.78, 5) is 18.9. The topological polar surface area (TPSA) is 66.6 Å². The number of aromatic amines is 1. The van der Waals surface area contributed by atoms with Crippen LogP contribution in [0.3, 0.4) is 0 Å². The number of methoxy groups -OCH3 is 2. The summed E-state index contributed by atoms with van der Waals surface area (Å²) in [6.07, 6.45) is 4.51. The molecule has 2 aromatic carbocycles. The lowest BCUT2D eigenvalue weighted by atomic mass is 10.0. The molecule has 0 radical (unpaired) electrons. The number of carbonyl (C=O) groups excluding carboxylic acids is 1. The zero-order valence-corrected chi connectivity index (χ0v) is 16.2. The Balaban J connectivity index is 1.65. The molecule has 2 N–H and O–H groups in total. The van der Waals surface area contributed by atoms with Crippen LogP contribution in [0.2, 0.25) is 0 Å². The summed E-state index contributed by atoms with van der Waals surface area (Å²) in [5, 5.41) is 3.97. The number of carbonyl (C=O) groups is 1. The van der Waals surface area contributed by atoms with Crippen molar-refractivity contribution in [1.82, 2.24) is 9.88 Å². The maximum absolute atomic E-state index is 13.1. The van der Waals surface area contributed by atoms with E-state index >= 15 is 0 Å². The molecule has 0 spiro atoms. The zero-order valence-electron chi connectivity index (χ0n) is 16.2. The number of likely N-dealkylation sites (tertiary alicyclic amines) is 1. The van der Waals surface area contributed by atoms with Crippen LogP contribution >= 0.6 is 0 Å². The summed E-state index contributed by atoms with van der Waals surface area (Å²) >= 11 is 0. The summed E-state index contributed by atoms with van der Waals surface area (Å²) in [6, 6.07) is 11.1. The first-order chi connectivity index (χ1) is 13.7. The van der Waals surface area contributed by atoms with Crippen LogP contribution in [0.5, 0.6) is 11.5 Å². The molecule has 0 aliphatic carbocycles. The molecule has 4 rings (SSSR count). The number of amides is 1. The number of hydrogen-bond acceptors (Lipinski definition) is 4. The van der Waals surface area contributed by atoms with Crippen molar-refractivity contribution in [2.75, 3.05) is 32.6 Å². The van der Waals surface area contributed by atoms with Crippen molar-refractivity contribution in [3.63, 3.8) is 0 Å². The first kappa shape index (κ1) is 18.4. The first-order valence-corrected chi connectivity index (χ1v) is 9.54. The Hall–Kier alpha value is -2.99. The van der Waals surface area contributed by atoms with Gasteiger partial charge in [-0.3, -0.25) is 9.69 Å². The van der Waals surface area contributed by atoms with E-state index in [1.807, 2.05) is 24.4 Å².